The van der Waals surface area contributed by atoms with Gasteiger partial charge in [0.25, 0.3) is 5.91 Å². The molecule has 5 nitrogen and oxygen atoms in total. The Kier molecular flexibility index (Phi) is 5.29. The van der Waals surface area contributed by atoms with Crippen LogP contribution in [-0.2, 0) is 9.53 Å². The molecule has 0 aliphatic carbocycles. The second-order valence-electron chi connectivity index (χ2n) is 5.55. The Balaban J connectivity index is 1.66. The minimum Gasteiger partial charge on any atom is -0.507 e. The van der Waals surface area contributed by atoms with E-state index in [9.17, 15) is 14.7 Å². The largest absolute Gasteiger partial charge is 0.507 e. The Labute approximate surface area is 150 Å². The summed E-state index contributed by atoms with van der Waals surface area (Å²) in [5.41, 5.74) is 2.48. The van der Waals surface area contributed by atoms with Gasteiger partial charge in [-0.15, -0.1) is 0 Å². The van der Waals surface area contributed by atoms with Crippen LogP contribution in [0.3, 0.4) is 0 Å². The number of para-hydroxylation sites is 2. The first-order chi connectivity index (χ1) is 12.6. The highest BCUT2D eigenvalue weighted by Gasteiger charge is 2.14. The third-order valence-electron chi connectivity index (χ3n) is 3.74. The summed E-state index contributed by atoms with van der Waals surface area (Å²) in [6.45, 7) is -0.448. The monoisotopic (exact) mass is 347 g/mol. The van der Waals surface area contributed by atoms with Crippen LogP contribution in [-0.4, -0.2) is 23.6 Å². The molecule has 0 spiro atoms. The molecule has 2 N–H and O–H groups in total. The van der Waals surface area contributed by atoms with Crippen LogP contribution in [0.15, 0.2) is 78.9 Å². The summed E-state index contributed by atoms with van der Waals surface area (Å²) >= 11 is 0. The number of nitrogens with one attached hydrogen (secondary N) is 1. The zero-order valence-electron chi connectivity index (χ0n) is 13.9. The lowest BCUT2D eigenvalue weighted by atomic mass is 10.0. The zero-order chi connectivity index (χ0) is 18.4. The number of aromatic hydroxyl groups is 1. The third-order valence-corrected chi connectivity index (χ3v) is 3.74. The summed E-state index contributed by atoms with van der Waals surface area (Å²) < 4.78 is 4.98. The van der Waals surface area contributed by atoms with Gasteiger partial charge in [-0.25, -0.2) is 4.79 Å². The first-order valence-electron chi connectivity index (χ1n) is 8.04. The van der Waals surface area contributed by atoms with Crippen LogP contribution < -0.4 is 5.32 Å². The molecule has 0 saturated heterocycles. The number of carbonyl (C=O) groups is 2. The maximum atomic E-state index is 12.2. The Morgan fingerprint density at radius 3 is 2.27 bits per heavy atom. The lowest BCUT2D eigenvalue weighted by Gasteiger charge is -2.11. The molecule has 0 fully saturated rings. The number of phenols is 1. The number of benzene rings is 3. The van der Waals surface area contributed by atoms with Crippen molar-refractivity contribution in [3.63, 3.8) is 0 Å². The lowest BCUT2D eigenvalue weighted by Crippen LogP contribution is -2.21. The summed E-state index contributed by atoms with van der Waals surface area (Å²) in [4.78, 5) is 24.1. The Morgan fingerprint density at radius 1 is 0.846 bits per heavy atom. The summed E-state index contributed by atoms with van der Waals surface area (Å²) in [5.74, 6) is -1.40. The Hall–Kier alpha value is -3.60. The highest BCUT2D eigenvalue weighted by molar-refractivity contribution is 5.98. The highest BCUT2D eigenvalue weighted by Crippen LogP contribution is 2.27. The molecule has 0 bridgehead atoms. The SMILES string of the molecule is O=C(COC(=O)c1ccccc1O)Nc1ccccc1-c1ccccc1. The van der Waals surface area contributed by atoms with Gasteiger partial charge in [-0.2, -0.15) is 0 Å². The quantitative estimate of drug-likeness (QED) is 0.687. The van der Waals surface area contributed by atoms with Crippen LogP contribution >= 0.6 is 0 Å². The fraction of sp³-hybridized carbons (Fsp3) is 0.0476. The summed E-state index contributed by atoms with van der Waals surface area (Å²) in [5, 5.41) is 12.4. The molecular formula is C21H17NO4. The summed E-state index contributed by atoms with van der Waals surface area (Å²) in [6.07, 6.45) is 0. The van der Waals surface area contributed by atoms with Crippen molar-refractivity contribution in [2.24, 2.45) is 0 Å². The average Bonchev–Trinajstić information content (AvgIpc) is 2.67. The second kappa shape index (κ2) is 7.98. The molecule has 5 heteroatoms. The van der Waals surface area contributed by atoms with E-state index in [4.69, 9.17) is 4.74 Å². The molecule has 0 aliphatic rings. The first kappa shape index (κ1) is 17.2. The first-order valence-corrected chi connectivity index (χ1v) is 8.04. The van der Waals surface area contributed by atoms with Gasteiger partial charge in [-0.05, 0) is 23.8 Å². The molecule has 0 radical (unpaired) electrons. The van der Waals surface area contributed by atoms with Gasteiger partial charge in [0.05, 0.1) is 0 Å². The topological polar surface area (TPSA) is 75.6 Å². The van der Waals surface area contributed by atoms with Crippen molar-refractivity contribution >= 4 is 17.6 Å². The van der Waals surface area contributed by atoms with Crippen LogP contribution in [0.1, 0.15) is 10.4 Å². The Bertz CT molecular complexity index is 922. The number of esters is 1. The molecule has 26 heavy (non-hydrogen) atoms. The van der Waals surface area contributed by atoms with E-state index in [0.29, 0.717) is 5.69 Å². The minimum atomic E-state index is -0.755. The molecule has 0 heterocycles. The molecule has 0 saturated carbocycles. The van der Waals surface area contributed by atoms with Gasteiger partial charge in [0.1, 0.15) is 11.3 Å². The minimum absolute atomic E-state index is 0.0185. The van der Waals surface area contributed by atoms with Crippen LogP contribution in [0.4, 0.5) is 5.69 Å². The molecule has 3 aromatic rings. The molecule has 0 aliphatic heterocycles. The van der Waals surface area contributed by atoms with Crippen LogP contribution in [0, 0.1) is 0 Å². The zero-order valence-corrected chi connectivity index (χ0v) is 13.9. The van der Waals surface area contributed by atoms with Crippen molar-refractivity contribution < 1.29 is 19.4 Å². The van der Waals surface area contributed by atoms with Crippen molar-refractivity contribution in [1.82, 2.24) is 0 Å². The van der Waals surface area contributed by atoms with Gasteiger partial charge in [0.15, 0.2) is 6.61 Å². The number of ether oxygens (including phenoxy) is 1. The van der Waals surface area contributed by atoms with Crippen molar-refractivity contribution in [2.75, 3.05) is 11.9 Å². The smallest absolute Gasteiger partial charge is 0.342 e. The van der Waals surface area contributed by atoms with E-state index in [0.717, 1.165) is 11.1 Å². The maximum absolute atomic E-state index is 12.2. The van der Waals surface area contributed by atoms with Gasteiger partial charge < -0.3 is 15.2 Å². The van der Waals surface area contributed by atoms with Crippen molar-refractivity contribution in [2.45, 2.75) is 0 Å². The predicted octanol–water partition coefficient (Wildman–Crippen LogP) is 3.85. The lowest BCUT2D eigenvalue weighted by molar-refractivity contribution is -0.119. The van der Waals surface area contributed by atoms with Crippen molar-refractivity contribution in [1.29, 1.82) is 0 Å². The summed E-state index contributed by atoms with van der Waals surface area (Å²) in [7, 11) is 0. The van der Waals surface area contributed by atoms with Crippen molar-refractivity contribution in [3.05, 3.63) is 84.4 Å². The standard InChI is InChI=1S/C21H17NO4/c23-19-13-7-5-11-17(19)21(25)26-14-20(24)22-18-12-6-4-10-16(18)15-8-2-1-3-9-15/h1-13,23H,14H2,(H,22,24). The third kappa shape index (κ3) is 4.08. The maximum Gasteiger partial charge on any atom is 0.342 e. The van der Waals surface area contributed by atoms with E-state index in [-0.39, 0.29) is 11.3 Å². The molecule has 3 rings (SSSR count). The van der Waals surface area contributed by atoms with E-state index < -0.39 is 18.5 Å². The second-order valence-corrected chi connectivity index (χ2v) is 5.55. The van der Waals surface area contributed by atoms with E-state index in [1.54, 1.807) is 18.2 Å². The highest BCUT2D eigenvalue weighted by atomic mass is 16.5. The number of carbonyl (C=O) groups excluding carboxylic acids is 2. The number of phenolic OH excluding ortho intramolecular Hbond substituents is 1. The van der Waals surface area contributed by atoms with Gasteiger partial charge in [0.2, 0.25) is 0 Å². The normalized spacial score (nSPS) is 10.2. The van der Waals surface area contributed by atoms with Gasteiger partial charge in [-0.3, -0.25) is 4.79 Å². The molecule has 130 valence electrons. The fourth-order valence-corrected chi connectivity index (χ4v) is 2.50. The fourth-order valence-electron chi connectivity index (χ4n) is 2.50. The predicted molar refractivity (Wildman–Crippen MR) is 98.9 cm³/mol. The van der Waals surface area contributed by atoms with E-state index in [1.165, 1.54) is 12.1 Å². The van der Waals surface area contributed by atoms with Crippen LogP contribution in [0.5, 0.6) is 5.75 Å². The number of anilines is 1. The molecule has 0 unspecified atom stereocenters. The number of amides is 1. The van der Waals surface area contributed by atoms with E-state index in [1.807, 2.05) is 48.5 Å². The number of rotatable bonds is 5. The average molecular weight is 347 g/mol. The van der Waals surface area contributed by atoms with Crippen LogP contribution in [0.2, 0.25) is 0 Å². The molecule has 0 atom stereocenters. The molecule has 3 aromatic carbocycles. The van der Waals surface area contributed by atoms with E-state index >= 15 is 0 Å². The van der Waals surface area contributed by atoms with Crippen LogP contribution in [0.25, 0.3) is 11.1 Å². The number of hydrogen-bond donors (Lipinski definition) is 2. The number of hydrogen-bond acceptors (Lipinski definition) is 4. The molecular weight excluding hydrogens is 330 g/mol. The van der Waals surface area contributed by atoms with Gasteiger partial charge in [-0.1, -0.05) is 60.7 Å². The van der Waals surface area contributed by atoms with Gasteiger partial charge in [0, 0.05) is 11.3 Å². The Morgan fingerprint density at radius 2 is 1.50 bits per heavy atom. The summed E-state index contributed by atoms with van der Waals surface area (Å²) in [6, 6.07) is 23.1. The van der Waals surface area contributed by atoms with Gasteiger partial charge >= 0.3 is 5.97 Å². The molecule has 0 aromatic heterocycles. The molecule has 1 amide bonds. The van der Waals surface area contributed by atoms with Crippen molar-refractivity contribution in [3.8, 4) is 16.9 Å². The van der Waals surface area contributed by atoms with E-state index in [2.05, 4.69) is 5.32 Å².